The smallest absolute Gasteiger partial charge is 0.321 e. The van der Waals surface area contributed by atoms with Crippen molar-refractivity contribution < 1.29 is 14.5 Å². The quantitative estimate of drug-likeness (QED) is 0.584. The van der Waals surface area contributed by atoms with Gasteiger partial charge < -0.3 is 10.2 Å². The molecule has 150 valence electrons. The molecule has 2 aromatic rings. The number of hydrogen-bond acceptors (Lipinski definition) is 5. The third kappa shape index (κ3) is 5.80. The topological polar surface area (TPSA) is 93.3 Å². The summed E-state index contributed by atoms with van der Waals surface area (Å²) in [5, 5.41) is 14.1. The maximum atomic E-state index is 11.9. The number of nitrogens with zero attached hydrogens (tertiary/aromatic N) is 3. The zero-order valence-corrected chi connectivity index (χ0v) is 16.9. The first-order valence-corrected chi connectivity index (χ1v) is 10.6. The van der Waals surface area contributed by atoms with Crippen molar-refractivity contribution in [1.82, 2.24) is 25.4 Å². The largest absolute Gasteiger partial charge is 0.341 e. The summed E-state index contributed by atoms with van der Waals surface area (Å²) in [5.41, 5.74) is 1.16. The highest BCUT2D eigenvalue weighted by atomic mass is 32.2. The van der Waals surface area contributed by atoms with E-state index in [4.69, 9.17) is 0 Å². The zero-order chi connectivity index (χ0) is 19.8. The van der Waals surface area contributed by atoms with E-state index in [1.165, 1.54) is 43.0 Å². The lowest BCUT2D eigenvalue weighted by atomic mass is 10.1. The van der Waals surface area contributed by atoms with Crippen molar-refractivity contribution >= 4 is 23.7 Å². The second-order valence-corrected chi connectivity index (χ2v) is 7.82. The minimum atomic E-state index is -0.509. The number of hydrogen-bond donors (Lipinski definition) is 3. The summed E-state index contributed by atoms with van der Waals surface area (Å²) in [4.78, 5) is 24.7. The van der Waals surface area contributed by atoms with Crippen molar-refractivity contribution in [2.45, 2.75) is 37.5 Å². The molecule has 1 saturated heterocycles. The summed E-state index contributed by atoms with van der Waals surface area (Å²) < 4.78 is 2.09. The average molecular weight is 404 g/mol. The van der Waals surface area contributed by atoms with Crippen molar-refractivity contribution in [2.24, 2.45) is 0 Å². The van der Waals surface area contributed by atoms with Crippen molar-refractivity contribution in [1.29, 1.82) is 0 Å². The molecule has 3 N–H and O–H groups in total. The van der Waals surface area contributed by atoms with Gasteiger partial charge in [0.05, 0.1) is 25.4 Å². The van der Waals surface area contributed by atoms with Gasteiger partial charge in [-0.15, -0.1) is 10.2 Å². The predicted molar refractivity (Wildman–Crippen MR) is 107 cm³/mol. The van der Waals surface area contributed by atoms with Crippen molar-refractivity contribution in [2.75, 3.05) is 25.9 Å². The van der Waals surface area contributed by atoms with Gasteiger partial charge in [0.2, 0.25) is 5.91 Å². The normalized spacial score (nSPS) is 14.6. The minimum Gasteiger partial charge on any atom is -0.341 e. The van der Waals surface area contributed by atoms with Crippen molar-refractivity contribution in [3.05, 3.63) is 41.7 Å². The number of likely N-dealkylation sites (tertiary alicyclic amines) is 1. The zero-order valence-electron chi connectivity index (χ0n) is 16.1. The maximum absolute atomic E-state index is 11.9. The molecule has 3 rings (SSSR count). The minimum absolute atomic E-state index is 0.108. The van der Waals surface area contributed by atoms with Gasteiger partial charge in [-0.25, -0.2) is 4.79 Å². The molecule has 1 fully saturated rings. The summed E-state index contributed by atoms with van der Waals surface area (Å²) in [6.07, 6.45) is 3.81. The van der Waals surface area contributed by atoms with Crippen LogP contribution in [0.25, 0.3) is 0 Å². The molecule has 0 unspecified atom stereocenters. The molecule has 0 radical (unpaired) electrons. The van der Waals surface area contributed by atoms with Gasteiger partial charge in [-0.1, -0.05) is 42.1 Å². The van der Waals surface area contributed by atoms with Crippen LogP contribution in [-0.4, -0.2) is 52.6 Å². The number of imide groups is 1. The highest BCUT2D eigenvalue weighted by molar-refractivity contribution is 7.99. The fourth-order valence-corrected chi connectivity index (χ4v) is 4.05. The first-order chi connectivity index (χ1) is 13.7. The number of quaternary nitrogens is 1. The molecule has 1 aliphatic heterocycles. The molecule has 9 heteroatoms. The van der Waals surface area contributed by atoms with Crippen LogP contribution in [0.3, 0.4) is 0 Å². The fraction of sp³-hybridized carbons (Fsp3) is 0.474. The van der Waals surface area contributed by atoms with Gasteiger partial charge in [0.15, 0.2) is 11.0 Å². The third-order valence-electron chi connectivity index (χ3n) is 4.76. The second kappa shape index (κ2) is 10.2. The van der Waals surface area contributed by atoms with Crippen LogP contribution >= 0.6 is 11.8 Å². The van der Waals surface area contributed by atoms with E-state index in [1.54, 1.807) is 0 Å². The standard InChI is InChI=1S/C19H26N6O2S/c1-20-18(27)21-17(26)14-28-19-23-22-16(13-24-10-6-3-7-11-24)25(19)12-15-8-4-2-5-9-15/h2,4-5,8-9H,3,6-7,10-14H2,1H3,(H2,20,21,26,27)/p+1. The number of aromatic nitrogens is 3. The number of carbonyl (C=O) groups is 2. The number of urea groups is 1. The Kier molecular flexibility index (Phi) is 7.44. The van der Waals surface area contributed by atoms with E-state index >= 15 is 0 Å². The van der Waals surface area contributed by atoms with Gasteiger partial charge in [-0.05, 0) is 24.8 Å². The van der Waals surface area contributed by atoms with Gasteiger partial charge in [0.25, 0.3) is 0 Å². The Morgan fingerprint density at radius 3 is 2.61 bits per heavy atom. The van der Waals surface area contributed by atoms with Crippen LogP contribution in [0.1, 0.15) is 30.7 Å². The van der Waals surface area contributed by atoms with E-state index in [0.29, 0.717) is 11.7 Å². The van der Waals surface area contributed by atoms with Gasteiger partial charge in [0.1, 0.15) is 6.54 Å². The highest BCUT2D eigenvalue weighted by Crippen LogP contribution is 2.18. The van der Waals surface area contributed by atoms with Crippen LogP contribution in [0, 0.1) is 0 Å². The first-order valence-electron chi connectivity index (χ1n) is 9.59. The predicted octanol–water partition coefficient (Wildman–Crippen LogP) is 0.443. The molecule has 1 aromatic heterocycles. The number of rotatable bonds is 7. The lowest BCUT2D eigenvalue weighted by Gasteiger charge is -2.23. The number of amides is 3. The lowest BCUT2D eigenvalue weighted by molar-refractivity contribution is -0.919. The van der Waals surface area contributed by atoms with E-state index in [1.807, 2.05) is 18.2 Å². The number of piperidine rings is 1. The molecule has 1 aliphatic rings. The second-order valence-electron chi connectivity index (χ2n) is 6.87. The first kappa shape index (κ1) is 20.3. The van der Waals surface area contributed by atoms with Crippen LogP contribution in [0.2, 0.25) is 0 Å². The van der Waals surface area contributed by atoms with E-state index in [0.717, 1.165) is 31.0 Å². The molecular weight excluding hydrogens is 376 g/mol. The van der Waals surface area contributed by atoms with Crippen molar-refractivity contribution in [3.8, 4) is 0 Å². The highest BCUT2D eigenvalue weighted by Gasteiger charge is 2.21. The summed E-state index contributed by atoms with van der Waals surface area (Å²) in [6.45, 7) is 3.82. The Bertz CT molecular complexity index is 789. The lowest BCUT2D eigenvalue weighted by Crippen LogP contribution is -3.11. The Balaban J connectivity index is 1.72. The summed E-state index contributed by atoms with van der Waals surface area (Å²) in [7, 11) is 1.47. The van der Waals surface area contributed by atoms with Gasteiger partial charge in [0, 0.05) is 7.05 Å². The van der Waals surface area contributed by atoms with Crippen molar-refractivity contribution in [3.63, 3.8) is 0 Å². The van der Waals surface area contributed by atoms with E-state index < -0.39 is 6.03 Å². The Hall–Kier alpha value is -2.39. The Morgan fingerprint density at radius 2 is 1.89 bits per heavy atom. The molecule has 0 bridgehead atoms. The van der Waals surface area contributed by atoms with Crippen LogP contribution < -0.4 is 15.5 Å². The maximum Gasteiger partial charge on any atom is 0.321 e. The number of nitrogens with one attached hydrogen (secondary N) is 3. The molecular formula is C19H27N6O2S+. The Morgan fingerprint density at radius 1 is 1.14 bits per heavy atom. The number of carbonyl (C=O) groups excluding carboxylic acids is 2. The van der Waals surface area contributed by atoms with Crippen LogP contribution in [-0.2, 0) is 17.9 Å². The van der Waals surface area contributed by atoms with Gasteiger partial charge in [-0.3, -0.25) is 14.7 Å². The third-order valence-corrected chi connectivity index (χ3v) is 5.72. The van der Waals surface area contributed by atoms with Gasteiger partial charge in [-0.2, -0.15) is 0 Å². The van der Waals surface area contributed by atoms with Crippen LogP contribution in [0.5, 0.6) is 0 Å². The summed E-state index contributed by atoms with van der Waals surface area (Å²) >= 11 is 1.30. The van der Waals surface area contributed by atoms with E-state index in [2.05, 4.69) is 37.5 Å². The summed E-state index contributed by atoms with van der Waals surface area (Å²) in [6, 6.07) is 9.66. The fourth-order valence-electron chi connectivity index (χ4n) is 3.29. The van der Waals surface area contributed by atoms with Gasteiger partial charge >= 0.3 is 6.03 Å². The molecule has 8 nitrogen and oxygen atoms in total. The molecule has 0 spiro atoms. The molecule has 2 heterocycles. The molecule has 0 aliphatic carbocycles. The molecule has 3 amide bonds. The molecule has 0 atom stereocenters. The molecule has 28 heavy (non-hydrogen) atoms. The Labute approximate surface area is 169 Å². The average Bonchev–Trinajstić information content (AvgIpc) is 3.09. The SMILES string of the molecule is CNC(=O)NC(=O)CSc1nnc(C[NH+]2CCCCC2)n1Cc1ccccc1. The van der Waals surface area contributed by atoms with E-state index in [9.17, 15) is 9.59 Å². The monoisotopic (exact) mass is 403 g/mol. The summed E-state index contributed by atoms with van der Waals surface area (Å²) in [5.74, 6) is 0.688. The number of thioether (sulfide) groups is 1. The molecule has 0 saturated carbocycles. The number of benzene rings is 1. The van der Waals surface area contributed by atoms with E-state index in [-0.39, 0.29) is 11.7 Å². The molecule has 1 aromatic carbocycles. The van der Waals surface area contributed by atoms with Crippen LogP contribution in [0.15, 0.2) is 35.5 Å². The van der Waals surface area contributed by atoms with Crippen LogP contribution in [0.4, 0.5) is 4.79 Å².